The molecule has 0 amide bonds. The van der Waals surface area contributed by atoms with Crippen LogP contribution in [0.4, 0.5) is 27.5 Å². The van der Waals surface area contributed by atoms with Gasteiger partial charge in [-0.1, -0.05) is 23.2 Å². The molecular formula is C17H13Cl2FN4. The molecule has 0 aliphatic carbocycles. The fourth-order valence-corrected chi connectivity index (χ4v) is 2.54. The average Bonchev–Trinajstić information content (AvgIpc) is 2.52. The molecule has 122 valence electrons. The van der Waals surface area contributed by atoms with Crippen LogP contribution in [0.15, 0.2) is 48.5 Å². The zero-order valence-electron chi connectivity index (χ0n) is 12.6. The van der Waals surface area contributed by atoms with Crippen LogP contribution in [0.25, 0.3) is 0 Å². The van der Waals surface area contributed by atoms with Crippen LogP contribution in [-0.4, -0.2) is 9.97 Å². The lowest BCUT2D eigenvalue weighted by atomic mass is 10.3. The van der Waals surface area contributed by atoms with Crippen LogP contribution in [0.5, 0.6) is 0 Å². The Kier molecular flexibility index (Phi) is 4.83. The molecule has 2 N–H and O–H groups in total. The van der Waals surface area contributed by atoms with Crippen molar-refractivity contribution < 1.29 is 4.39 Å². The minimum Gasteiger partial charge on any atom is -0.340 e. The first kappa shape index (κ1) is 16.5. The molecule has 0 saturated heterocycles. The van der Waals surface area contributed by atoms with Crippen LogP contribution in [0, 0.1) is 12.7 Å². The minimum atomic E-state index is -0.292. The second kappa shape index (κ2) is 7.03. The second-order valence-corrected chi connectivity index (χ2v) is 5.94. The average molecular weight is 363 g/mol. The van der Waals surface area contributed by atoms with E-state index in [1.807, 2.05) is 6.92 Å². The summed E-state index contributed by atoms with van der Waals surface area (Å²) in [5.74, 6) is 0.685. The summed E-state index contributed by atoms with van der Waals surface area (Å²) in [5, 5.41) is 7.20. The van der Waals surface area contributed by atoms with Crippen molar-refractivity contribution in [3.8, 4) is 0 Å². The van der Waals surface area contributed by atoms with Gasteiger partial charge in [-0.3, -0.25) is 0 Å². The van der Waals surface area contributed by atoms with Gasteiger partial charge in [-0.15, -0.1) is 0 Å². The number of benzene rings is 2. The molecule has 0 aliphatic rings. The summed E-state index contributed by atoms with van der Waals surface area (Å²) in [7, 11) is 0. The maximum absolute atomic E-state index is 13.0. The van der Waals surface area contributed by atoms with Crippen LogP contribution < -0.4 is 10.6 Å². The van der Waals surface area contributed by atoms with Crippen molar-refractivity contribution in [1.82, 2.24) is 9.97 Å². The maximum Gasteiger partial charge on any atom is 0.229 e. The number of halogens is 3. The number of rotatable bonds is 4. The zero-order chi connectivity index (χ0) is 17.1. The first-order chi connectivity index (χ1) is 11.5. The molecule has 0 aliphatic heterocycles. The number of aryl methyl sites for hydroxylation is 1. The van der Waals surface area contributed by atoms with Crippen LogP contribution in [0.2, 0.25) is 10.0 Å². The van der Waals surface area contributed by atoms with E-state index in [4.69, 9.17) is 23.2 Å². The number of nitrogens with one attached hydrogen (secondary N) is 2. The quantitative estimate of drug-likeness (QED) is 0.623. The van der Waals surface area contributed by atoms with Crippen molar-refractivity contribution in [3.05, 3.63) is 70.1 Å². The van der Waals surface area contributed by atoms with E-state index < -0.39 is 0 Å². The normalized spacial score (nSPS) is 10.5. The SMILES string of the molecule is Cc1cc(Nc2ccc(F)cc2)nc(Nc2ccc(Cl)cc2Cl)n1. The van der Waals surface area contributed by atoms with Crippen molar-refractivity contribution in [2.45, 2.75) is 6.92 Å². The Hall–Kier alpha value is -2.37. The topological polar surface area (TPSA) is 49.8 Å². The van der Waals surface area contributed by atoms with E-state index in [-0.39, 0.29) is 5.82 Å². The van der Waals surface area contributed by atoms with Gasteiger partial charge in [0.25, 0.3) is 0 Å². The van der Waals surface area contributed by atoms with Crippen LogP contribution in [0.3, 0.4) is 0 Å². The van der Waals surface area contributed by atoms with E-state index in [2.05, 4.69) is 20.6 Å². The largest absolute Gasteiger partial charge is 0.340 e. The van der Waals surface area contributed by atoms with Gasteiger partial charge < -0.3 is 10.6 Å². The summed E-state index contributed by atoms with van der Waals surface area (Å²) < 4.78 is 13.0. The van der Waals surface area contributed by atoms with Gasteiger partial charge in [0.15, 0.2) is 0 Å². The molecule has 3 rings (SSSR count). The third-order valence-corrected chi connectivity index (χ3v) is 3.70. The van der Waals surface area contributed by atoms with Gasteiger partial charge in [-0.05, 0) is 49.4 Å². The Bertz CT molecular complexity index is 869. The molecule has 0 unspecified atom stereocenters. The van der Waals surface area contributed by atoms with Crippen LogP contribution in [0.1, 0.15) is 5.69 Å². The fraction of sp³-hybridized carbons (Fsp3) is 0.0588. The molecular weight excluding hydrogens is 350 g/mol. The highest BCUT2D eigenvalue weighted by Gasteiger charge is 2.07. The predicted molar refractivity (Wildman–Crippen MR) is 96.2 cm³/mol. The van der Waals surface area contributed by atoms with Crippen molar-refractivity contribution in [3.63, 3.8) is 0 Å². The third-order valence-electron chi connectivity index (χ3n) is 3.15. The van der Waals surface area contributed by atoms with E-state index in [1.165, 1.54) is 12.1 Å². The Labute approximate surface area is 148 Å². The molecule has 24 heavy (non-hydrogen) atoms. The number of aromatic nitrogens is 2. The summed E-state index contributed by atoms with van der Waals surface area (Å²) in [6.07, 6.45) is 0. The highest BCUT2D eigenvalue weighted by atomic mass is 35.5. The molecule has 0 fully saturated rings. The van der Waals surface area contributed by atoms with Gasteiger partial charge in [0.2, 0.25) is 5.95 Å². The van der Waals surface area contributed by atoms with Crippen LogP contribution >= 0.6 is 23.2 Å². The number of hydrogen-bond donors (Lipinski definition) is 2. The fourth-order valence-electron chi connectivity index (χ4n) is 2.08. The molecule has 0 saturated carbocycles. The predicted octanol–water partition coefficient (Wildman–Crippen LogP) is 5.72. The minimum absolute atomic E-state index is 0.292. The Morgan fingerprint density at radius 3 is 2.38 bits per heavy atom. The monoisotopic (exact) mass is 362 g/mol. The van der Waals surface area contributed by atoms with Crippen molar-refractivity contribution >= 4 is 46.3 Å². The van der Waals surface area contributed by atoms with Gasteiger partial charge in [0.1, 0.15) is 11.6 Å². The van der Waals surface area contributed by atoms with E-state index in [9.17, 15) is 4.39 Å². The molecule has 2 aromatic carbocycles. The van der Waals surface area contributed by atoms with Crippen molar-refractivity contribution in [2.75, 3.05) is 10.6 Å². The van der Waals surface area contributed by atoms with Gasteiger partial charge in [0.05, 0.1) is 10.7 Å². The number of nitrogens with zero attached hydrogens (tertiary/aromatic N) is 2. The summed E-state index contributed by atoms with van der Waals surface area (Å²) in [6, 6.07) is 12.9. The van der Waals surface area contributed by atoms with E-state index in [0.717, 1.165) is 11.4 Å². The Morgan fingerprint density at radius 1 is 0.917 bits per heavy atom. The van der Waals surface area contributed by atoms with Gasteiger partial charge in [0, 0.05) is 22.5 Å². The third kappa shape index (κ3) is 4.13. The maximum atomic E-state index is 13.0. The van der Waals surface area contributed by atoms with Crippen molar-refractivity contribution in [2.24, 2.45) is 0 Å². The Morgan fingerprint density at radius 2 is 1.67 bits per heavy atom. The van der Waals surface area contributed by atoms with Gasteiger partial charge in [-0.25, -0.2) is 9.37 Å². The molecule has 7 heteroatoms. The molecule has 3 aromatic rings. The summed E-state index contributed by atoms with van der Waals surface area (Å²) in [5.41, 5.74) is 2.14. The highest BCUT2D eigenvalue weighted by Crippen LogP contribution is 2.28. The van der Waals surface area contributed by atoms with Gasteiger partial charge in [-0.2, -0.15) is 4.98 Å². The molecule has 4 nitrogen and oxygen atoms in total. The molecule has 0 bridgehead atoms. The van der Waals surface area contributed by atoms with E-state index in [1.54, 1.807) is 36.4 Å². The second-order valence-electron chi connectivity index (χ2n) is 5.10. The van der Waals surface area contributed by atoms with Crippen LogP contribution in [-0.2, 0) is 0 Å². The summed E-state index contributed by atoms with van der Waals surface area (Å²) >= 11 is 12.0. The van der Waals surface area contributed by atoms with E-state index in [0.29, 0.717) is 27.5 Å². The lowest BCUT2D eigenvalue weighted by Gasteiger charge is -2.11. The molecule has 0 atom stereocenters. The first-order valence-corrected chi connectivity index (χ1v) is 7.85. The van der Waals surface area contributed by atoms with Crippen molar-refractivity contribution in [1.29, 1.82) is 0 Å². The zero-order valence-corrected chi connectivity index (χ0v) is 14.2. The molecule has 1 aromatic heterocycles. The smallest absolute Gasteiger partial charge is 0.229 e. The lowest BCUT2D eigenvalue weighted by molar-refractivity contribution is 0.628. The first-order valence-electron chi connectivity index (χ1n) is 7.10. The number of hydrogen-bond acceptors (Lipinski definition) is 4. The summed E-state index contributed by atoms with van der Waals surface area (Å²) in [4.78, 5) is 8.73. The molecule has 1 heterocycles. The Balaban J connectivity index is 1.84. The standard InChI is InChI=1S/C17H13Cl2FN4/c1-10-8-16(22-13-5-3-12(20)4-6-13)24-17(21-10)23-15-7-2-11(18)9-14(15)19/h2-9H,1H3,(H2,21,22,23,24). The van der Waals surface area contributed by atoms with E-state index >= 15 is 0 Å². The summed E-state index contributed by atoms with van der Waals surface area (Å²) in [6.45, 7) is 1.85. The molecule has 0 radical (unpaired) electrons. The number of anilines is 4. The highest BCUT2D eigenvalue weighted by molar-refractivity contribution is 6.36. The molecule has 0 spiro atoms. The lowest BCUT2D eigenvalue weighted by Crippen LogP contribution is -2.02. The van der Waals surface area contributed by atoms with Gasteiger partial charge >= 0.3 is 0 Å².